The Labute approximate surface area is 96.1 Å². The Kier molecular flexibility index (Phi) is 3.61. The molecule has 0 fully saturated rings. The Morgan fingerprint density at radius 2 is 1.88 bits per heavy atom. The summed E-state index contributed by atoms with van der Waals surface area (Å²) in [4.78, 5) is 16.9. The zero-order chi connectivity index (χ0) is 13.3. The molecule has 1 aromatic heterocycles. The second kappa shape index (κ2) is 4.48. The van der Waals surface area contributed by atoms with Gasteiger partial charge in [0.2, 0.25) is 0 Å². The summed E-state index contributed by atoms with van der Waals surface area (Å²) in [5, 5.41) is 0. The van der Waals surface area contributed by atoms with Crippen LogP contribution in [0.2, 0.25) is 0 Å². The Bertz CT molecular complexity index is 449. The monoisotopic (exact) mass is 249 g/mol. The van der Waals surface area contributed by atoms with Crippen LogP contribution < -0.4 is 11.3 Å². The number of hydrogen-bond donors (Lipinski definition) is 2. The summed E-state index contributed by atoms with van der Waals surface area (Å²) in [5.41, 5.74) is 2.79. The quantitative estimate of drug-likeness (QED) is 0.857. The van der Waals surface area contributed by atoms with Crippen molar-refractivity contribution in [3.63, 3.8) is 0 Å². The molecule has 0 radical (unpaired) electrons. The fraction of sp³-hybridized carbons (Fsp3) is 0.600. The highest BCUT2D eigenvalue weighted by Crippen LogP contribution is 2.28. The van der Waals surface area contributed by atoms with Gasteiger partial charge in [0.15, 0.2) is 5.69 Å². The van der Waals surface area contributed by atoms with Crippen LogP contribution in [0.25, 0.3) is 0 Å². The normalized spacial score (nSPS) is 12.8. The summed E-state index contributed by atoms with van der Waals surface area (Å²) in [7, 11) is 0. The molecular weight excluding hydrogens is 235 g/mol. The molecule has 0 atom stereocenters. The first kappa shape index (κ1) is 13.7. The van der Waals surface area contributed by atoms with Crippen LogP contribution in [0.5, 0.6) is 0 Å². The van der Waals surface area contributed by atoms with Crippen molar-refractivity contribution < 1.29 is 13.2 Å². The SMILES string of the molecule is CCC(N)(CC)c1nc(C(F)(F)F)cc(=O)[nH]1. The largest absolute Gasteiger partial charge is 0.433 e. The van der Waals surface area contributed by atoms with E-state index in [0.29, 0.717) is 18.9 Å². The van der Waals surface area contributed by atoms with E-state index in [0.717, 1.165) is 0 Å². The third-order valence-corrected chi connectivity index (χ3v) is 2.77. The van der Waals surface area contributed by atoms with E-state index in [1.54, 1.807) is 13.8 Å². The molecule has 96 valence electrons. The van der Waals surface area contributed by atoms with Gasteiger partial charge in [0, 0.05) is 6.07 Å². The number of aromatic amines is 1. The molecule has 17 heavy (non-hydrogen) atoms. The summed E-state index contributed by atoms with van der Waals surface area (Å²) in [5.74, 6) is -0.123. The Morgan fingerprint density at radius 1 is 1.35 bits per heavy atom. The van der Waals surface area contributed by atoms with E-state index in [4.69, 9.17) is 5.73 Å². The van der Waals surface area contributed by atoms with E-state index in [1.165, 1.54) is 0 Å². The van der Waals surface area contributed by atoms with Crippen LogP contribution in [0.4, 0.5) is 13.2 Å². The number of nitrogens with zero attached hydrogens (tertiary/aromatic N) is 1. The van der Waals surface area contributed by atoms with Gasteiger partial charge in [-0.3, -0.25) is 4.79 Å². The molecule has 0 aliphatic rings. The van der Waals surface area contributed by atoms with E-state index in [1.807, 2.05) is 0 Å². The molecule has 1 aromatic rings. The van der Waals surface area contributed by atoms with Gasteiger partial charge in [-0.05, 0) is 12.8 Å². The lowest BCUT2D eigenvalue weighted by Crippen LogP contribution is -2.39. The first-order valence-electron chi connectivity index (χ1n) is 5.21. The summed E-state index contributed by atoms with van der Waals surface area (Å²) in [6.45, 7) is 3.45. The minimum atomic E-state index is -4.65. The number of aromatic nitrogens is 2. The Balaban J connectivity index is 3.37. The Hall–Kier alpha value is -1.37. The van der Waals surface area contributed by atoms with Crippen LogP contribution in [0.3, 0.4) is 0 Å². The minimum absolute atomic E-state index is 0.123. The first-order chi connectivity index (χ1) is 7.73. The van der Waals surface area contributed by atoms with E-state index < -0.39 is 23.0 Å². The van der Waals surface area contributed by atoms with Gasteiger partial charge in [-0.15, -0.1) is 0 Å². The van der Waals surface area contributed by atoms with Crippen molar-refractivity contribution in [2.45, 2.75) is 38.4 Å². The van der Waals surface area contributed by atoms with Crippen LogP contribution in [-0.2, 0) is 11.7 Å². The van der Waals surface area contributed by atoms with E-state index in [2.05, 4.69) is 9.97 Å². The van der Waals surface area contributed by atoms with Crippen molar-refractivity contribution in [3.8, 4) is 0 Å². The van der Waals surface area contributed by atoms with Gasteiger partial charge in [-0.1, -0.05) is 13.8 Å². The van der Waals surface area contributed by atoms with Crippen molar-refractivity contribution in [1.29, 1.82) is 0 Å². The van der Waals surface area contributed by atoms with Crippen molar-refractivity contribution >= 4 is 0 Å². The van der Waals surface area contributed by atoms with Crippen molar-refractivity contribution in [1.82, 2.24) is 9.97 Å². The fourth-order valence-electron chi connectivity index (χ4n) is 1.42. The van der Waals surface area contributed by atoms with Crippen LogP contribution in [0.15, 0.2) is 10.9 Å². The average molecular weight is 249 g/mol. The molecule has 1 rings (SSSR count). The lowest BCUT2D eigenvalue weighted by molar-refractivity contribution is -0.141. The van der Waals surface area contributed by atoms with E-state index in [-0.39, 0.29) is 5.82 Å². The van der Waals surface area contributed by atoms with Crippen LogP contribution in [-0.4, -0.2) is 9.97 Å². The smallest absolute Gasteiger partial charge is 0.319 e. The van der Waals surface area contributed by atoms with Gasteiger partial charge in [0.1, 0.15) is 5.82 Å². The predicted molar refractivity (Wildman–Crippen MR) is 56.3 cm³/mol. The molecule has 0 amide bonds. The minimum Gasteiger partial charge on any atom is -0.319 e. The fourth-order valence-corrected chi connectivity index (χ4v) is 1.42. The van der Waals surface area contributed by atoms with Crippen molar-refractivity contribution in [2.75, 3.05) is 0 Å². The molecule has 0 aromatic carbocycles. The summed E-state index contributed by atoms with van der Waals surface area (Å²) in [6, 6.07) is 0.426. The maximum Gasteiger partial charge on any atom is 0.433 e. The highest BCUT2D eigenvalue weighted by molar-refractivity contribution is 5.12. The van der Waals surface area contributed by atoms with Crippen molar-refractivity contribution in [3.05, 3.63) is 27.9 Å². The third kappa shape index (κ3) is 2.85. The number of nitrogens with two attached hydrogens (primary N) is 1. The van der Waals surface area contributed by atoms with Crippen LogP contribution in [0.1, 0.15) is 38.2 Å². The topological polar surface area (TPSA) is 71.8 Å². The maximum atomic E-state index is 12.5. The number of hydrogen-bond acceptors (Lipinski definition) is 3. The lowest BCUT2D eigenvalue weighted by Gasteiger charge is -2.25. The van der Waals surface area contributed by atoms with Gasteiger partial charge >= 0.3 is 6.18 Å². The average Bonchev–Trinajstić information content (AvgIpc) is 2.26. The van der Waals surface area contributed by atoms with Crippen LogP contribution in [0, 0.1) is 0 Å². The number of nitrogens with one attached hydrogen (secondary N) is 1. The van der Waals surface area contributed by atoms with Gasteiger partial charge in [-0.25, -0.2) is 4.98 Å². The summed E-state index contributed by atoms with van der Waals surface area (Å²) in [6.07, 6.45) is -3.88. The molecular formula is C10H14F3N3O. The molecule has 4 nitrogen and oxygen atoms in total. The van der Waals surface area contributed by atoms with Gasteiger partial charge in [-0.2, -0.15) is 13.2 Å². The lowest BCUT2D eigenvalue weighted by atomic mass is 9.93. The van der Waals surface area contributed by atoms with E-state index >= 15 is 0 Å². The van der Waals surface area contributed by atoms with E-state index in [9.17, 15) is 18.0 Å². The highest BCUT2D eigenvalue weighted by atomic mass is 19.4. The second-order valence-electron chi connectivity index (χ2n) is 3.84. The summed E-state index contributed by atoms with van der Waals surface area (Å²) >= 11 is 0. The molecule has 0 saturated carbocycles. The molecule has 0 bridgehead atoms. The van der Waals surface area contributed by atoms with Gasteiger partial charge in [0.05, 0.1) is 5.54 Å². The molecule has 0 unspecified atom stereocenters. The zero-order valence-electron chi connectivity index (χ0n) is 9.56. The van der Waals surface area contributed by atoms with Gasteiger partial charge in [0.25, 0.3) is 5.56 Å². The third-order valence-electron chi connectivity index (χ3n) is 2.77. The molecule has 0 aliphatic carbocycles. The molecule has 3 N–H and O–H groups in total. The number of H-pyrrole nitrogens is 1. The molecule has 7 heteroatoms. The Morgan fingerprint density at radius 3 is 2.29 bits per heavy atom. The number of rotatable bonds is 3. The molecule has 1 heterocycles. The molecule has 0 aliphatic heterocycles. The van der Waals surface area contributed by atoms with Crippen molar-refractivity contribution in [2.24, 2.45) is 5.73 Å². The summed E-state index contributed by atoms with van der Waals surface area (Å²) < 4.78 is 37.5. The maximum absolute atomic E-state index is 12.5. The number of halogens is 3. The number of alkyl halides is 3. The molecule has 0 saturated heterocycles. The zero-order valence-corrected chi connectivity index (χ0v) is 9.56. The highest BCUT2D eigenvalue weighted by Gasteiger charge is 2.35. The standard InChI is InChI=1S/C10H14F3N3O/c1-3-9(14,4-2)8-15-6(10(11,12)13)5-7(17)16-8/h5H,3-4,14H2,1-2H3,(H,15,16,17). The van der Waals surface area contributed by atoms with Gasteiger partial charge < -0.3 is 10.7 Å². The first-order valence-corrected chi connectivity index (χ1v) is 5.21. The predicted octanol–water partition coefficient (Wildman–Crippen LogP) is 1.76. The van der Waals surface area contributed by atoms with Crippen LogP contribution >= 0.6 is 0 Å². The second-order valence-corrected chi connectivity index (χ2v) is 3.84. The molecule has 0 spiro atoms.